The number of carbonyl (C=O) groups excluding carboxylic acids is 2. The first-order chi connectivity index (χ1) is 18.2. The second-order valence-corrected chi connectivity index (χ2v) is 29.6. The molecule has 0 bridgehead atoms. The summed E-state index contributed by atoms with van der Waals surface area (Å²) in [5.74, 6) is -0.523. The van der Waals surface area contributed by atoms with Crippen molar-refractivity contribution in [3.05, 3.63) is 0 Å². The number of hydrogen-bond acceptors (Lipinski definition) is 8. The van der Waals surface area contributed by atoms with Crippen LogP contribution in [0.15, 0.2) is 0 Å². The smallest absolute Gasteiger partial charge is 0.308 e. The molecule has 0 fully saturated rings. The van der Waals surface area contributed by atoms with E-state index in [1.165, 1.54) is 0 Å². The fourth-order valence-corrected chi connectivity index (χ4v) is 6.51. The first-order valence-corrected chi connectivity index (χ1v) is 23.8. The van der Waals surface area contributed by atoms with Crippen molar-refractivity contribution in [2.24, 2.45) is 0 Å². The van der Waals surface area contributed by atoms with Gasteiger partial charge >= 0.3 is 11.9 Å². The van der Waals surface area contributed by atoms with Gasteiger partial charge in [0, 0.05) is 0 Å². The molecule has 0 amide bonds. The van der Waals surface area contributed by atoms with Crippen LogP contribution in [0, 0.1) is 0 Å². The van der Waals surface area contributed by atoms with Gasteiger partial charge in [-0.25, -0.2) is 0 Å². The van der Waals surface area contributed by atoms with E-state index in [9.17, 15) is 14.7 Å². The fraction of sp³-hybridized carbons (Fsp3) is 0.933. The van der Waals surface area contributed by atoms with E-state index in [1.807, 2.05) is 6.92 Å². The van der Waals surface area contributed by atoms with Crippen molar-refractivity contribution >= 4 is 36.9 Å². The molecule has 0 heterocycles. The summed E-state index contributed by atoms with van der Waals surface area (Å²) in [7, 11) is -5.79. The molecule has 0 aromatic carbocycles. The van der Waals surface area contributed by atoms with E-state index in [4.69, 9.17) is 22.8 Å². The fourth-order valence-electron chi connectivity index (χ4n) is 2.79. The lowest BCUT2D eigenvalue weighted by molar-refractivity contribution is -0.146. The quantitative estimate of drug-likeness (QED) is 0.153. The standard InChI is InChI=1S/C18H40O4Si2.C12H26O4Si/c1-12-20-16(19)13-15(22-24(10,11)18(5,6)7)14-21-23(8,9)17(2,3)4;1-7-15-11(14)8-10(9-13)16-17(5,6)12(2,3)4/h15H,12-14H2,1-11H3;10,13H,7-9H2,1-6H3/t15-;10-/m00/s1. The van der Waals surface area contributed by atoms with E-state index in [-0.39, 0.29) is 52.6 Å². The molecule has 0 rings (SSSR count). The van der Waals surface area contributed by atoms with E-state index in [0.717, 1.165) is 0 Å². The van der Waals surface area contributed by atoms with Crippen LogP contribution >= 0.6 is 0 Å². The van der Waals surface area contributed by atoms with Crippen molar-refractivity contribution in [1.29, 1.82) is 0 Å². The Kier molecular flexibility index (Phi) is 17.7. The van der Waals surface area contributed by atoms with E-state index in [1.54, 1.807) is 6.92 Å². The van der Waals surface area contributed by atoms with Crippen molar-refractivity contribution in [3.8, 4) is 0 Å². The zero-order valence-corrected chi connectivity index (χ0v) is 32.7. The molecule has 0 saturated carbocycles. The highest BCUT2D eigenvalue weighted by molar-refractivity contribution is 6.75. The molecular formula is C30H66O8Si3. The Bertz CT molecular complexity index is 778. The lowest BCUT2D eigenvalue weighted by Crippen LogP contribution is -2.48. The molecule has 8 nitrogen and oxygen atoms in total. The molecule has 0 aliphatic carbocycles. The average Bonchev–Trinajstić information content (AvgIpc) is 2.75. The number of hydrogen-bond donors (Lipinski definition) is 1. The predicted molar refractivity (Wildman–Crippen MR) is 177 cm³/mol. The van der Waals surface area contributed by atoms with E-state index >= 15 is 0 Å². The molecule has 0 aliphatic heterocycles. The number of aliphatic hydroxyl groups excluding tert-OH is 1. The minimum absolute atomic E-state index is 0.0646. The maximum atomic E-state index is 12.0. The Labute approximate surface area is 256 Å². The summed E-state index contributed by atoms with van der Waals surface area (Å²) in [6.45, 7) is 37.3. The summed E-state index contributed by atoms with van der Waals surface area (Å²) in [5.41, 5.74) is 0. The zero-order valence-electron chi connectivity index (χ0n) is 29.7. The van der Waals surface area contributed by atoms with Crippen molar-refractivity contribution in [1.82, 2.24) is 0 Å². The first-order valence-electron chi connectivity index (χ1n) is 15.1. The van der Waals surface area contributed by atoms with Gasteiger partial charge in [-0.15, -0.1) is 0 Å². The first kappa shape index (κ1) is 42.6. The summed E-state index contributed by atoms with van der Waals surface area (Å²) in [5, 5.41) is 9.56. The van der Waals surface area contributed by atoms with Gasteiger partial charge < -0.3 is 27.9 Å². The molecule has 0 aliphatic rings. The van der Waals surface area contributed by atoms with Gasteiger partial charge in [-0.1, -0.05) is 62.3 Å². The monoisotopic (exact) mass is 638 g/mol. The van der Waals surface area contributed by atoms with Crippen LogP contribution in [0.1, 0.15) is 89.0 Å². The lowest BCUT2D eigenvalue weighted by atomic mass is 10.2. The summed E-state index contributed by atoms with van der Waals surface area (Å²) >= 11 is 0. The topological polar surface area (TPSA) is 101 Å². The minimum atomic E-state index is -1.97. The third kappa shape index (κ3) is 16.2. The van der Waals surface area contributed by atoms with E-state index in [2.05, 4.69) is 102 Å². The van der Waals surface area contributed by atoms with Crippen molar-refractivity contribution in [2.75, 3.05) is 26.4 Å². The van der Waals surface area contributed by atoms with Crippen LogP contribution in [0.3, 0.4) is 0 Å². The SMILES string of the molecule is CCOC(=O)C[C@@H](CO)O[Si](C)(C)C(C)(C)C.CCOC(=O)C[C@@H](CO[Si](C)(C)C(C)(C)C)O[Si](C)(C)C(C)(C)C. The van der Waals surface area contributed by atoms with Gasteiger partial charge in [-0.3, -0.25) is 9.59 Å². The summed E-state index contributed by atoms with van der Waals surface area (Å²) in [6, 6.07) is 0. The minimum Gasteiger partial charge on any atom is -0.466 e. The summed E-state index contributed by atoms with van der Waals surface area (Å²) in [4.78, 5) is 23.3. The van der Waals surface area contributed by atoms with Crippen molar-refractivity contribution in [3.63, 3.8) is 0 Å². The normalized spacial score (nSPS) is 15.0. The largest absolute Gasteiger partial charge is 0.466 e. The predicted octanol–water partition coefficient (Wildman–Crippen LogP) is 7.67. The molecule has 1 N–H and O–H groups in total. The van der Waals surface area contributed by atoms with Crippen LogP contribution in [-0.2, 0) is 32.3 Å². The van der Waals surface area contributed by atoms with Gasteiger partial charge in [0.05, 0.1) is 51.5 Å². The van der Waals surface area contributed by atoms with Crippen LogP contribution in [0.2, 0.25) is 54.4 Å². The van der Waals surface area contributed by atoms with Gasteiger partial charge in [0.1, 0.15) is 0 Å². The van der Waals surface area contributed by atoms with Crippen LogP contribution in [-0.4, -0.2) is 80.6 Å². The maximum Gasteiger partial charge on any atom is 0.308 e. The highest BCUT2D eigenvalue weighted by Gasteiger charge is 2.42. The molecule has 246 valence electrons. The lowest BCUT2D eigenvalue weighted by Gasteiger charge is -2.41. The number of aliphatic hydroxyl groups is 1. The van der Waals surface area contributed by atoms with Gasteiger partial charge in [0.25, 0.3) is 0 Å². The third-order valence-corrected chi connectivity index (χ3v) is 22.1. The second-order valence-electron chi connectivity index (χ2n) is 15.3. The Balaban J connectivity index is 0. The van der Waals surface area contributed by atoms with Crippen LogP contribution in [0.5, 0.6) is 0 Å². The van der Waals surface area contributed by atoms with Crippen molar-refractivity contribution in [2.45, 2.75) is 156 Å². The van der Waals surface area contributed by atoms with Crippen LogP contribution in [0.4, 0.5) is 0 Å². The van der Waals surface area contributed by atoms with Gasteiger partial charge in [-0.2, -0.15) is 0 Å². The molecular weight excluding hydrogens is 573 g/mol. The average molecular weight is 639 g/mol. The third-order valence-electron chi connectivity index (χ3n) is 8.57. The Morgan fingerprint density at radius 1 is 0.610 bits per heavy atom. The molecule has 0 spiro atoms. The highest BCUT2D eigenvalue weighted by Crippen LogP contribution is 2.40. The van der Waals surface area contributed by atoms with Gasteiger partial charge in [-0.05, 0) is 68.2 Å². The Hall–Kier alpha value is -0.569. The second kappa shape index (κ2) is 17.1. The van der Waals surface area contributed by atoms with Gasteiger partial charge in [0.2, 0.25) is 0 Å². The highest BCUT2D eigenvalue weighted by atomic mass is 28.4. The maximum absolute atomic E-state index is 12.0. The summed E-state index contributed by atoms with van der Waals surface area (Å²) < 4.78 is 28.7. The van der Waals surface area contributed by atoms with Gasteiger partial charge in [0.15, 0.2) is 25.0 Å². The van der Waals surface area contributed by atoms with Crippen LogP contribution < -0.4 is 0 Å². The van der Waals surface area contributed by atoms with Crippen molar-refractivity contribution < 1.29 is 37.4 Å². The molecule has 0 unspecified atom stereocenters. The Morgan fingerprint density at radius 2 is 0.927 bits per heavy atom. The molecule has 0 aromatic rings. The molecule has 0 aromatic heterocycles. The summed E-state index contributed by atoms with van der Waals surface area (Å²) in [6.07, 6.45) is -0.305. The molecule has 41 heavy (non-hydrogen) atoms. The van der Waals surface area contributed by atoms with E-state index < -0.39 is 31.1 Å². The number of rotatable bonds is 14. The molecule has 2 atom stereocenters. The number of esters is 2. The molecule has 0 radical (unpaired) electrons. The zero-order chi connectivity index (χ0) is 33.1. The Morgan fingerprint density at radius 3 is 1.22 bits per heavy atom. The number of carbonyl (C=O) groups is 2. The number of ether oxygens (including phenoxy) is 2. The molecule has 0 saturated heterocycles. The molecule has 11 heteroatoms. The van der Waals surface area contributed by atoms with Crippen LogP contribution in [0.25, 0.3) is 0 Å². The van der Waals surface area contributed by atoms with E-state index in [0.29, 0.717) is 19.8 Å².